The summed E-state index contributed by atoms with van der Waals surface area (Å²) < 4.78 is 7.16. The molecule has 1 N–H and O–H groups in total. The van der Waals surface area contributed by atoms with Gasteiger partial charge in [0.2, 0.25) is 5.91 Å². The Morgan fingerprint density at radius 2 is 1.84 bits per heavy atom. The lowest BCUT2D eigenvalue weighted by Gasteiger charge is -2.13. The van der Waals surface area contributed by atoms with Gasteiger partial charge in [-0.3, -0.25) is 14.9 Å². The Balaban J connectivity index is 1.78. The number of anilines is 1. The third-order valence-electron chi connectivity index (χ3n) is 4.74. The Kier molecular flexibility index (Phi) is 6.47. The standard InChI is InChI=1S/C21H21N5O6/c1-13-6-4-5-7-19(13)32-18-10-16(9-17(11-18)25(28)29)22-21(27)14(2)12-24-15(3)8-20(23-24)26(30)31/h4-11,14H,12H2,1-3H3,(H,22,27). The molecule has 3 aromatic rings. The van der Waals surface area contributed by atoms with Crippen LogP contribution in [0.3, 0.4) is 0 Å². The Morgan fingerprint density at radius 3 is 2.47 bits per heavy atom. The van der Waals surface area contributed by atoms with Crippen LogP contribution in [-0.4, -0.2) is 25.5 Å². The van der Waals surface area contributed by atoms with Crippen molar-refractivity contribution in [3.63, 3.8) is 0 Å². The van der Waals surface area contributed by atoms with Crippen molar-refractivity contribution >= 4 is 23.1 Å². The lowest BCUT2D eigenvalue weighted by Crippen LogP contribution is -2.25. The minimum atomic E-state index is -0.617. The molecule has 0 spiro atoms. The average Bonchev–Trinajstić information content (AvgIpc) is 3.10. The summed E-state index contributed by atoms with van der Waals surface area (Å²) in [6, 6.07) is 12.5. The molecule has 0 aliphatic carbocycles. The summed E-state index contributed by atoms with van der Waals surface area (Å²) in [5.74, 6) is -0.603. The second kappa shape index (κ2) is 9.25. The highest BCUT2D eigenvalue weighted by atomic mass is 16.6. The van der Waals surface area contributed by atoms with Gasteiger partial charge in [-0.1, -0.05) is 25.1 Å². The van der Waals surface area contributed by atoms with Gasteiger partial charge < -0.3 is 20.2 Å². The van der Waals surface area contributed by atoms with Crippen molar-refractivity contribution in [2.75, 3.05) is 5.32 Å². The number of non-ortho nitro benzene ring substituents is 1. The fraction of sp³-hybridized carbons (Fsp3) is 0.238. The zero-order valence-electron chi connectivity index (χ0n) is 17.6. The number of carbonyl (C=O) groups excluding carboxylic acids is 1. The molecule has 166 valence electrons. The summed E-state index contributed by atoms with van der Waals surface area (Å²) in [6.45, 7) is 5.23. The number of ether oxygens (including phenoxy) is 1. The first-order valence-corrected chi connectivity index (χ1v) is 9.66. The van der Waals surface area contributed by atoms with Crippen LogP contribution in [0.2, 0.25) is 0 Å². The van der Waals surface area contributed by atoms with Crippen LogP contribution in [0.5, 0.6) is 11.5 Å². The zero-order valence-corrected chi connectivity index (χ0v) is 17.6. The van der Waals surface area contributed by atoms with Gasteiger partial charge in [0.25, 0.3) is 5.69 Å². The van der Waals surface area contributed by atoms with Crippen molar-refractivity contribution in [2.24, 2.45) is 5.92 Å². The molecule has 1 unspecified atom stereocenters. The molecule has 0 saturated carbocycles. The number of amides is 1. The smallest absolute Gasteiger partial charge is 0.390 e. The van der Waals surface area contributed by atoms with Gasteiger partial charge in [0, 0.05) is 12.1 Å². The molecule has 0 radical (unpaired) electrons. The van der Waals surface area contributed by atoms with Gasteiger partial charge in [-0.15, -0.1) is 0 Å². The van der Waals surface area contributed by atoms with E-state index in [9.17, 15) is 25.0 Å². The van der Waals surface area contributed by atoms with Crippen molar-refractivity contribution in [2.45, 2.75) is 27.3 Å². The molecule has 0 aliphatic heterocycles. The first-order chi connectivity index (χ1) is 15.1. The van der Waals surface area contributed by atoms with Gasteiger partial charge >= 0.3 is 5.82 Å². The molecular formula is C21H21N5O6. The van der Waals surface area contributed by atoms with E-state index in [1.165, 1.54) is 28.9 Å². The number of nitrogens with one attached hydrogen (secondary N) is 1. The lowest BCUT2D eigenvalue weighted by molar-refractivity contribution is -0.389. The number of rotatable bonds is 8. The quantitative estimate of drug-likeness (QED) is 0.405. The average molecular weight is 439 g/mol. The molecule has 1 heterocycles. The van der Waals surface area contributed by atoms with Crippen LogP contribution in [0.25, 0.3) is 0 Å². The number of aryl methyl sites for hydroxylation is 2. The highest BCUT2D eigenvalue weighted by molar-refractivity contribution is 5.92. The number of nitro groups is 2. The summed E-state index contributed by atoms with van der Waals surface area (Å²) in [5.41, 5.74) is 1.35. The number of hydrogen-bond acceptors (Lipinski definition) is 7. The minimum Gasteiger partial charge on any atom is -0.457 e. The van der Waals surface area contributed by atoms with Crippen molar-refractivity contribution in [3.8, 4) is 11.5 Å². The maximum atomic E-state index is 12.7. The predicted octanol–water partition coefficient (Wildman–Crippen LogP) is 4.38. The molecule has 0 fully saturated rings. The molecule has 1 aromatic heterocycles. The van der Waals surface area contributed by atoms with Crippen LogP contribution in [0, 0.1) is 40.0 Å². The normalized spacial score (nSPS) is 11.6. The summed E-state index contributed by atoms with van der Waals surface area (Å²) in [5, 5.41) is 28.8. The number of benzene rings is 2. The van der Waals surface area contributed by atoms with E-state index in [4.69, 9.17) is 4.74 Å². The number of nitrogens with zero attached hydrogens (tertiary/aromatic N) is 4. The van der Waals surface area contributed by atoms with E-state index in [0.29, 0.717) is 11.4 Å². The maximum Gasteiger partial charge on any atom is 0.390 e. The van der Waals surface area contributed by atoms with Gasteiger partial charge in [0.05, 0.1) is 46.0 Å². The van der Waals surface area contributed by atoms with Gasteiger partial charge in [-0.25, -0.2) is 0 Å². The van der Waals surface area contributed by atoms with E-state index in [-0.39, 0.29) is 29.5 Å². The highest BCUT2D eigenvalue weighted by Crippen LogP contribution is 2.31. The second-order valence-electron chi connectivity index (χ2n) is 7.31. The maximum absolute atomic E-state index is 12.7. The van der Waals surface area contributed by atoms with Crippen LogP contribution in [0.1, 0.15) is 18.2 Å². The number of hydrogen-bond donors (Lipinski definition) is 1. The second-order valence-corrected chi connectivity index (χ2v) is 7.31. The third kappa shape index (κ3) is 5.25. The first-order valence-electron chi connectivity index (χ1n) is 9.66. The monoisotopic (exact) mass is 439 g/mol. The molecule has 3 rings (SSSR count). The Morgan fingerprint density at radius 1 is 1.12 bits per heavy atom. The number of nitro benzene ring substituents is 1. The Bertz CT molecular complexity index is 1190. The highest BCUT2D eigenvalue weighted by Gasteiger charge is 2.22. The fourth-order valence-electron chi connectivity index (χ4n) is 2.99. The summed E-state index contributed by atoms with van der Waals surface area (Å²) in [6.07, 6.45) is 0. The molecule has 32 heavy (non-hydrogen) atoms. The van der Waals surface area contributed by atoms with Crippen molar-refractivity contribution in [1.82, 2.24) is 9.78 Å². The molecule has 1 atom stereocenters. The van der Waals surface area contributed by atoms with E-state index < -0.39 is 21.7 Å². The Labute approximate surface area is 182 Å². The van der Waals surface area contributed by atoms with E-state index in [1.54, 1.807) is 26.0 Å². The van der Waals surface area contributed by atoms with Crippen LogP contribution in [0.4, 0.5) is 17.2 Å². The SMILES string of the molecule is Cc1ccccc1Oc1cc(NC(=O)C(C)Cn2nc([N+](=O)[O-])cc2C)cc([N+](=O)[O-])c1. The van der Waals surface area contributed by atoms with E-state index in [1.807, 2.05) is 19.1 Å². The molecular weight excluding hydrogens is 418 g/mol. The number of para-hydroxylation sites is 1. The summed E-state index contributed by atoms with van der Waals surface area (Å²) >= 11 is 0. The predicted molar refractivity (Wildman–Crippen MR) is 116 cm³/mol. The first kappa shape index (κ1) is 22.4. The van der Waals surface area contributed by atoms with E-state index >= 15 is 0 Å². The fourth-order valence-corrected chi connectivity index (χ4v) is 2.99. The zero-order chi connectivity index (χ0) is 23.4. The number of aromatic nitrogens is 2. The van der Waals surface area contributed by atoms with Gasteiger partial charge in [0.15, 0.2) is 0 Å². The van der Waals surface area contributed by atoms with Crippen molar-refractivity contribution in [3.05, 3.63) is 80.0 Å². The molecule has 0 saturated heterocycles. The van der Waals surface area contributed by atoms with Crippen LogP contribution >= 0.6 is 0 Å². The molecule has 1 amide bonds. The summed E-state index contributed by atoms with van der Waals surface area (Å²) in [4.78, 5) is 33.7. The van der Waals surface area contributed by atoms with Gasteiger partial charge in [-0.05, 0) is 30.4 Å². The summed E-state index contributed by atoms with van der Waals surface area (Å²) in [7, 11) is 0. The van der Waals surface area contributed by atoms with Gasteiger partial charge in [0.1, 0.15) is 11.5 Å². The van der Waals surface area contributed by atoms with Crippen LogP contribution in [-0.2, 0) is 11.3 Å². The van der Waals surface area contributed by atoms with Crippen molar-refractivity contribution < 1.29 is 19.4 Å². The van der Waals surface area contributed by atoms with Crippen LogP contribution in [0.15, 0.2) is 48.5 Å². The van der Waals surface area contributed by atoms with Crippen LogP contribution < -0.4 is 10.1 Å². The minimum absolute atomic E-state index is 0.104. The van der Waals surface area contributed by atoms with Gasteiger partial charge in [-0.2, -0.15) is 4.68 Å². The third-order valence-corrected chi connectivity index (χ3v) is 4.74. The Hall–Kier alpha value is -4.28. The molecule has 0 bridgehead atoms. The molecule has 2 aromatic carbocycles. The van der Waals surface area contributed by atoms with E-state index in [0.717, 1.165) is 5.56 Å². The van der Waals surface area contributed by atoms with E-state index in [2.05, 4.69) is 10.4 Å². The lowest BCUT2D eigenvalue weighted by atomic mass is 10.1. The molecule has 0 aliphatic rings. The molecule has 11 nitrogen and oxygen atoms in total. The van der Waals surface area contributed by atoms with Crippen molar-refractivity contribution in [1.29, 1.82) is 0 Å². The molecule has 11 heteroatoms. The largest absolute Gasteiger partial charge is 0.457 e. The topological polar surface area (TPSA) is 142 Å². The number of carbonyl (C=O) groups is 1.